The molecule has 2 N–H and O–H groups in total. The lowest BCUT2D eigenvalue weighted by atomic mass is 10.2. The van der Waals surface area contributed by atoms with Crippen molar-refractivity contribution in [2.75, 3.05) is 13.2 Å². The van der Waals surface area contributed by atoms with Gasteiger partial charge in [-0.25, -0.2) is 0 Å². The molecule has 0 bridgehead atoms. The number of hydrogen-bond donors (Lipinski definition) is 2. The average molecular weight is 294 g/mol. The minimum Gasteiger partial charge on any atom is -0.492 e. The smallest absolute Gasteiger partial charge is 0.253 e. The maximum absolute atomic E-state index is 11.3. The highest BCUT2D eigenvalue weighted by Gasteiger charge is 2.22. The Bertz CT molecular complexity index is 512. The SMILES string of the molecule is O=C1C=CC(=O)N1CCCCCCOn1c(O)ccc1O. The number of carbonyl (C=O) groups excluding carboxylic acids is 2. The molecule has 0 aliphatic carbocycles. The lowest BCUT2D eigenvalue weighted by Crippen LogP contribution is -2.30. The van der Waals surface area contributed by atoms with Gasteiger partial charge < -0.3 is 15.1 Å². The molecule has 0 spiro atoms. The summed E-state index contributed by atoms with van der Waals surface area (Å²) in [5.74, 6) is -0.791. The van der Waals surface area contributed by atoms with E-state index in [-0.39, 0.29) is 23.6 Å². The fourth-order valence-corrected chi connectivity index (χ4v) is 2.07. The van der Waals surface area contributed by atoms with Gasteiger partial charge in [-0.1, -0.05) is 6.42 Å². The Morgan fingerprint density at radius 3 is 2.10 bits per heavy atom. The first kappa shape index (κ1) is 15.0. The van der Waals surface area contributed by atoms with Gasteiger partial charge in [0.2, 0.25) is 11.8 Å². The van der Waals surface area contributed by atoms with E-state index in [1.807, 2.05) is 0 Å². The molecule has 0 saturated heterocycles. The van der Waals surface area contributed by atoms with Gasteiger partial charge in [0.05, 0.1) is 0 Å². The fraction of sp³-hybridized carbons (Fsp3) is 0.429. The van der Waals surface area contributed by atoms with Crippen molar-refractivity contribution >= 4 is 11.8 Å². The number of aromatic hydroxyl groups is 2. The molecule has 2 heterocycles. The summed E-state index contributed by atoms with van der Waals surface area (Å²) in [5.41, 5.74) is 0. The number of carbonyl (C=O) groups is 2. The minimum absolute atomic E-state index is 0.147. The Morgan fingerprint density at radius 2 is 1.48 bits per heavy atom. The summed E-state index contributed by atoms with van der Waals surface area (Å²) in [4.78, 5) is 29.0. The second-order valence-electron chi connectivity index (χ2n) is 4.75. The highest BCUT2D eigenvalue weighted by molar-refractivity contribution is 6.12. The van der Waals surface area contributed by atoms with E-state index < -0.39 is 0 Å². The number of imide groups is 1. The van der Waals surface area contributed by atoms with Crippen LogP contribution >= 0.6 is 0 Å². The Hall–Kier alpha value is -2.44. The molecule has 7 nitrogen and oxygen atoms in total. The number of aromatic nitrogens is 1. The molecule has 0 fully saturated rings. The summed E-state index contributed by atoms with van der Waals surface area (Å²) in [6, 6.07) is 2.68. The zero-order valence-corrected chi connectivity index (χ0v) is 11.6. The van der Waals surface area contributed by atoms with Crippen LogP contribution < -0.4 is 4.84 Å². The van der Waals surface area contributed by atoms with Crippen molar-refractivity contribution in [1.29, 1.82) is 0 Å². The number of amides is 2. The molecule has 2 amide bonds. The van der Waals surface area contributed by atoms with Gasteiger partial charge in [0.25, 0.3) is 11.8 Å². The largest absolute Gasteiger partial charge is 0.492 e. The summed E-state index contributed by atoms with van der Waals surface area (Å²) >= 11 is 0. The van der Waals surface area contributed by atoms with Crippen LogP contribution in [0.25, 0.3) is 0 Å². The lowest BCUT2D eigenvalue weighted by molar-refractivity contribution is -0.136. The summed E-state index contributed by atoms with van der Waals surface area (Å²) < 4.78 is 0.966. The van der Waals surface area contributed by atoms with Gasteiger partial charge in [0.1, 0.15) is 6.61 Å². The summed E-state index contributed by atoms with van der Waals surface area (Å²) in [6.45, 7) is 0.795. The highest BCUT2D eigenvalue weighted by Crippen LogP contribution is 2.18. The first-order valence-electron chi connectivity index (χ1n) is 6.86. The van der Waals surface area contributed by atoms with Gasteiger partial charge in [-0.05, 0) is 19.3 Å². The van der Waals surface area contributed by atoms with E-state index in [1.165, 1.54) is 29.2 Å². The van der Waals surface area contributed by atoms with E-state index in [0.29, 0.717) is 13.2 Å². The molecule has 1 aliphatic rings. The molecule has 0 unspecified atom stereocenters. The van der Waals surface area contributed by atoms with Crippen LogP contribution in [-0.4, -0.2) is 44.8 Å². The van der Waals surface area contributed by atoms with Crippen molar-refractivity contribution < 1.29 is 24.6 Å². The molecule has 114 valence electrons. The molecule has 0 atom stereocenters. The Kier molecular flexibility index (Phi) is 4.86. The average Bonchev–Trinajstić information content (AvgIpc) is 2.94. The van der Waals surface area contributed by atoms with Crippen LogP contribution in [0.1, 0.15) is 25.7 Å². The summed E-state index contributed by atoms with van der Waals surface area (Å²) in [5, 5.41) is 18.7. The molecule has 2 rings (SSSR count). The summed E-state index contributed by atoms with van der Waals surface area (Å²) in [6.07, 6.45) is 5.80. The van der Waals surface area contributed by atoms with Crippen LogP contribution in [0.2, 0.25) is 0 Å². The second-order valence-corrected chi connectivity index (χ2v) is 4.75. The standard InChI is InChI=1S/C14H18N2O5/c17-11-5-6-12(18)15(11)9-3-1-2-4-10-21-16-13(19)7-8-14(16)20/h5-8,19-20H,1-4,9-10H2. The van der Waals surface area contributed by atoms with Crippen LogP contribution in [0.3, 0.4) is 0 Å². The van der Waals surface area contributed by atoms with E-state index in [4.69, 9.17) is 4.84 Å². The topological polar surface area (TPSA) is 92.0 Å². The van der Waals surface area contributed by atoms with Crippen LogP contribution in [0.5, 0.6) is 11.8 Å². The van der Waals surface area contributed by atoms with Gasteiger partial charge in [-0.3, -0.25) is 14.5 Å². The molecular formula is C14H18N2O5. The Labute approximate surface area is 122 Å². The first-order chi connectivity index (χ1) is 10.1. The van der Waals surface area contributed by atoms with Crippen molar-refractivity contribution in [1.82, 2.24) is 9.63 Å². The molecule has 0 aromatic carbocycles. The second kappa shape index (κ2) is 6.83. The predicted molar refractivity (Wildman–Crippen MR) is 73.5 cm³/mol. The van der Waals surface area contributed by atoms with Crippen molar-refractivity contribution in [2.24, 2.45) is 0 Å². The third-order valence-corrected chi connectivity index (χ3v) is 3.19. The molecule has 21 heavy (non-hydrogen) atoms. The van der Waals surface area contributed by atoms with Gasteiger partial charge in [0.15, 0.2) is 0 Å². The van der Waals surface area contributed by atoms with E-state index in [1.54, 1.807) is 0 Å². The zero-order chi connectivity index (χ0) is 15.2. The van der Waals surface area contributed by atoms with Gasteiger partial charge in [-0.2, -0.15) is 0 Å². The first-order valence-corrected chi connectivity index (χ1v) is 6.86. The third kappa shape index (κ3) is 3.77. The lowest BCUT2D eigenvalue weighted by Gasteiger charge is -2.13. The van der Waals surface area contributed by atoms with Crippen molar-refractivity contribution in [2.45, 2.75) is 25.7 Å². The molecule has 7 heteroatoms. The van der Waals surface area contributed by atoms with Gasteiger partial charge >= 0.3 is 0 Å². The molecule has 1 aromatic rings. The maximum Gasteiger partial charge on any atom is 0.253 e. The Morgan fingerprint density at radius 1 is 0.905 bits per heavy atom. The van der Waals surface area contributed by atoms with Crippen LogP contribution in [0.15, 0.2) is 24.3 Å². The third-order valence-electron chi connectivity index (χ3n) is 3.19. The van der Waals surface area contributed by atoms with Crippen molar-refractivity contribution in [3.63, 3.8) is 0 Å². The zero-order valence-electron chi connectivity index (χ0n) is 11.6. The van der Waals surface area contributed by atoms with Gasteiger partial charge in [-0.15, -0.1) is 4.73 Å². The molecule has 0 saturated carbocycles. The van der Waals surface area contributed by atoms with Crippen LogP contribution in [0, 0.1) is 0 Å². The highest BCUT2D eigenvalue weighted by atomic mass is 16.7. The number of unbranched alkanes of at least 4 members (excludes halogenated alkanes) is 3. The molecule has 0 radical (unpaired) electrons. The van der Waals surface area contributed by atoms with Crippen molar-refractivity contribution in [3.8, 4) is 11.8 Å². The van der Waals surface area contributed by atoms with E-state index in [2.05, 4.69) is 0 Å². The summed E-state index contributed by atoms with van der Waals surface area (Å²) in [7, 11) is 0. The van der Waals surface area contributed by atoms with E-state index >= 15 is 0 Å². The molecule has 1 aromatic heterocycles. The maximum atomic E-state index is 11.3. The molecule has 1 aliphatic heterocycles. The van der Waals surface area contributed by atoms with E-state index in [9.17, 15) is 19.8 Å². The number of hydrogen-bond acceptors (Lipinski definition) is 5. The van der Waals surface area contributed by atoms with E-state index in [0.717, 1.165) is 30.4 Å². The Balaban J connectivity index is 1.55. The fourth-order valence-electron chi connectivity index (χ4n) is 2.07. The number of nitrogens with zero attached hydrogens (tertiary/aromatic N) is 2. The minimum atomic E-state index is -0.248. The van der Waals surface area contributed by atoms with Crippen molar-refractivity contribution in [3.05, 3.63) is 24.3 Å². The van der Waals surface area contributed by atoms with Gasteiger partial charge in [0, 0.05) is 30.8 Å². The monoisotopic (exact) mass is 294 g/mol. The molecular weight excluding hydrogens is 276 g/mol. The quantitative estimate of drug-likeness (QED) is 0.547. The normalized spacial score (nSPS) is 14.2. The predicted octanol–water partition coefficient (Wildman–Crippen LogP) is 0.813. The van der Waals surface area contributed by atoms with Crippen LogP contribution in [0.4, 0.5) is 0 Å². The number of rotatable bonds is 8. The van der Waals surface area contributed by atoms with Crippen LogP contribution in [-0.2, 0) is 9.59 Å².